The lowest BCUT2D eigenvalue weighted by Gasteiger charge is -2.09. The summed E-state index contributed by atoms with van der Waals surface area (Å²) in [7, 11) is 0. The summed E-state index contributed by atoms with van der Waals surface area (Å²) >= 11 is 0. The van der Waals surface area contributed by atoms with Gasteiger partial charge >= 0.3 is 5.97 Å². The third-order valence-corrected chi connectivity index (χ3v) is 4.26. The molecule has 2 aromatic carbocycles. The van der Waals surface area contributed by atoms with Gasteiger partial charge in [0.1, 0.15) is 6.61 Å². The number of nitrogens with zero attached hydrogens (tertiary/aromatic N) is 1. The Bertz CT molecular complexity index is 798. The topological polar surface area (TPSA) is 67.8 Å². The highest BCUT2D eigenvalue weighted by molar-refractivity contribution is 6.25. The van der Waals surface area contributed by atoms with E-state index in [1.54, 1.807) is 12.1 Å². The maximum Gasteiger partial charge on any atom is 0.324 e. The Hall–Kier alpha value is -2.95. The highest BCUT2D eigenvalue weighted by Gasteiger charge is 2.39. The summed E-state index contributed by atoms with van der Waals surface area (Å²) in [5.41, 5.74) is 3.05. The fourth-order valence-electron chi connectivity index (χ4n) is 2.82. The Morgan fingerprint density at radius 1 is 1.15 bits per heavy atom. The molecule has 1 saturated heterocycles. The van der Waals surface area contributed by atoms with Gasteiger partial charge in [-0.3, -0.25) is 14.6 Å². The number of carbonyl (C=O) groups is 2. The molecule has 0 saturated carbocycles. The van der Waals surface area contributed by atoms with E-state index in [9.17, 15) is 9.59 Å². The number of cyclic esters (lactones) is 1. The molecule has 1 fully saturated rings. The average Bonchev–Trinajstić information content (AvgIpc) is 3.02. The smallest absolute Gasteiger partial charge is 0.324 e. The minimum Gasteiger partial charge on any atom is -0.459 e. The zero-order chi connectivity index (χ0) is 18.4. The molecular weight excluding hydrogens is 328 g/mol. The van der Waals surface area contributed by atoms with Crippen LogP contribution in [-0.4, -0.2) is 24.2 Å². The molecule has 1 heterocycles. The second-order valence-electron chi connectivity index (χ2n) is 6.27. The van der Waals surface area contributed by atoms with Gasteiger partial charge < -0.3 is 10.1 Å². The van der Waals surface area contributed by atoms with Crippen LogP contribution in [0.5, 0.6) is 0 Å². The second-order valence-corrected chi connectivity index (χ2v) is 6.27. The molecule has 1 N–H and O–H groups in total. The van der Waals surface area contributed by atoms with E-state index >= 15 is 0 Å². The lowest BCUT2D eigenvalue weighted by atomic mass is 10.0. The Morgan fingerprint density at radius 2 is 1.88 bits per heavy atom. The first kappa shape index (κ1) is 17.9. The van der Waals surface area contributed by atoms with E-state index in [4.69, 9.17) is 4.74 Å². The van der Waals surface area contributed by atoms with Crippen molar-refractivity contribution >= 4 is 29.0 Å². The fraction of sp³-hybridized carbons (Fsp3) is 0.286. The van der Waals surface area contributed by atoms with Gasteiger partial charge in [-0.2, -0.15) is 0 Å². The molecule has 0 spiro atoms. The molecule has 0 bridgehead atoms. The summed E-state index contributed by atoms with van der Waals surface area (Å²) in [6, 6.07) is 16.9. The number of anilines is 1. The van der Waals surface area contributed by atoms with Gasteiger partial charge in [0.25, 0.3) is 0 Å². The van der Waals surface area contributed by atoms with Crippen molar-refractivity contribution in [2.75, 3.05) is 11.9 Å². The lowest BCUT2D eigenvalue weighted by molar-refractivity contribution is -0.143. The van der Waals surface area contributed by atoms with Crippen LogP contribution in [0.2, 0.25) is 0 Å². The van der Waals surface area contributed by atoms with Crippen molar-refractivity contribution in [3.63, 3.8) is 0 Å². The maximum atomic E-state index is 12.5. The molecule has 1 aliphatic rings. The number of aliphatic imine (C=N–C) groups is 1. The zero-order valence-electron chi connectivity index (χ0n) is 14.8. The summed E-state index contributed by atoms with van der Waals surface area (Å²) in [6.07, 6.45) is 3.34. The van der Waals surface area contributed by atoms with Crippen molar-refractivity contribution in [3.8, 4) is 0 Å². The van der Waals surface area contributed by atoms with Crippen LogP contribution in [-0.2, 0) is 20.7 Å². The third-order valence-electron chi connectivity index (χ3n) is 4.26. The number of benzene rings is 2. The number of para-hydroxylation sites is 1. The highest BCUT2D eigenvalue weighted by Crippen LogP contribution is 2.21. The van der Waals surface area contributed by atoms with Crippen LogP contribution in [0.4, 0.5) is 11.4 Å². The fourth-order valence-corrected chi connectivity index (χ4v) is 2.82. The molecule has 1 aliphatic heterocycles. The van der Waals surface area contributed by atoms with Crippen molar-refractivity contribution in [1.29, 1.82) is 0 Å². The number of ether oxygens (including phenoxy) is 1. The molecular formula is C21H22N2O3. The van der Waals surface area contributed by atoms with Crippen LogP contribution in [0.1, 0.15) is 25.3 Å². The van der Waals surface area contributed by atoms with E-state index < -0.39 is 17.8 Å². The number of amides is 1. The van der Waals surface area contributed by atoms with E-state index in [0.29, 0.717) is 11.4 Å². The molecule has 26 heavy (non-hydrogen) atoms. The van der Waals surface area contributed by atoms with Crippen molar-refractivity contribution in [1.82, 2.24) is 0 Å². The largest absolute Gasteiger partial charge is 0.459 e. The minimum atomic E-state index is -1.00. The van der Waals surface area contributed by atoms with E-state index in [1.807, 2.05) is 42.5 Å². The standard InChI is InChI=1S/C21H22N2O3/c1-2-3-7-15-10-12-17(13-11-15)22-18-14-26-21(25)19(18)20(24)23-16-8-5-4-6-9-16/h4-6,8-13,19H,2-3,7,14H2,1H3,(H,23,24). The molecule has 134 valence electrons. The molecule has 0 radical (unpaired) electrons. The number of nitrogens with one attached hydrogen (secondary N) is 1. The summed E-state index contributed by atoms with van der Waals surface area (Å²) < 4.78 is 5.06. The minimum absolute atomic E-state index is 0.0449. The molecule has 1 amide bonds. The number of aryl methyl sites for hydroxylation is 1. The quantitative estimate of drug-likeness (QED) is 0.634. The average molecular weight is 350 g/mol. The van der Waals surface area contributed by atoms with Crippen LogP contribution in [0.15, 0.2) is 59.6 Å². The molecule has 1 unspecified atom stereocenters. The molecule has 5 nitrogen and oxygen atoms in total. The van der Waals surface area contributed by atoms with E-state index in [2.05, 4.69) is 17.2 Å². The number of hydrogen-bond acceptors (Lipinski definition) is 4. The summed E-state index contributed by atoms with van der Waals surface area (Å²) in [6.45, 7) is 2.21. The van der Waals surface area contributed by atoms with Crippen molar-refractivity contribution in [3.05, 3.63) is 60.2 Å². The highest BCUT2D eigenvalue weighted by atomic mass is 16.5. The zero-order valence-corrected chi connectivity index (χ0v) is 14.8. The molecule has 1 atom stereocenters. The Morgan fingerprint density at radius 3 is 2.58 bits per heavy atom. The normalized spacial score (nSPS) is 18.0. The molecule has 5 heteroatoms. The summed E-state index contributed by atoms with van der Waals surface area (Å²) in [5.74, 6) is -1.98. The predicted molar refractivity (Wildman–Crippen MR) is 102 cm³/mol. The SMILES string of the molecule is CCCCc1ccc(N=C2COC(=O)C2C(=O)Nc2ccccc2)cc1. The van der Waals surface area contributed by atoms with Crippen LogP contribution >= 0.6 is 0 Å². The first-order valence-corrected chi connectivity index (χ1v) is 8.86. The van der Waals surface area contributed by atoms with Crippen LogP contribution in [0.3, 0.4) is 0 Å². The number of unbranched alkanes of at least 4 members (excludes halogenated alkanes) is 1. The number of rotatable bonds is 6. The van der Waals surface area contributed by atoms with E-state index in [1.165, 1.54) is 5.56 Å². The number of hydrogen-bond donors (Lipinski definition) is 1. The molecule has 0 aliphatic carbocycles. The molecule has 0 aromatic heterocycles. The van der Waals surface area contributed by atoms with Gasteiger partial charge in [-0.25, -0.2) is 0 Å². The van der Waals surface area contributed by atoms with Gasteiger partial charge in [-0.15, -0.1) is 0 Å². The lowest BCUT2D eigenvalue weighted by Crippen LogP contribution is -2.31. The van der Waals surface area contributed by atoms with Gasteiger partial charge in [0.15, 0.2) is 5.92 Å². The van der Waals surface area contributed by atoms with Crippen molar-refractivity contribution in [2.45, 2.75) is 26.2 Å². The van der Waals surface area contributed by atoms with Gasteiger partial charge in [-0.05, 0) is 42.7 Å². The van der Waals surface area contributed by atoms with Crippen LogP contribution in [0, 0.1) is 5.92 Å². The van der Waals surface area contributed by atoms with Gasteiger partial charge in [0.2, 0.25) is 5.91 Å². The molecule has 2 aromatic rings. The first-order chi connectivity index (χ1) is 12.7. The van der Waals surface area contributed by atoms with Crippen LogP contribution < -0.4 is 5.32 Å². The summed E-state index contributed by atoms with van der Waals surface area (Å²) in [5, 5.41) is 2.74. The number of carbonyl (C=O) groups excluding carboxylic acids is 2. The van der Waals surface area contributed by atoms with E-state index in [0.717, 1.165) is 24.9 Å². The van der Waals surface area contributed by atoms with Gasteiger partial charge in [-0.1, -0.05) is 43.7 Å². The maximum absolute atomic E-state index is 12.5. The predicted octanol–water partition coefficient (Wildman–Crippen LogP) is 3.91. The molecule has 3 rings (SSSR count). The van der Waals surface area contributed by atoms with Crippen molar-refractivity contribution < 1.29 is 14.3 Å². The monoisotopic (exact) mass is 350 g/mol. The second kappa shape index (κ2) is 8.43. The van der Waals surface area contributed by atoms with Gasteiger partial charge in [0.05, 0.1) is 11.4 Å². The Balaban J connectivity index is 1.74. The van der Waals surface area contributed by atoms with E-state index in [-0.39, 0.29) is 6.61 Å². The first-order valence-electron chi connectivity index (χ1n) is 8.86. The third kappa shape index (κ3) is 4.36. The Kier molecular flexibility index (Phi) is 5.79. The van der Waals surface area contributed by atoms with Crippen molar-refractivity contribution in [2.24, 2.45) is 10.9 Å². The van der Waals surface area contributed by atoms with Gasteiger partial charge in [0, 0.05) is 5.69 Å². The van der Waals surface area contributed by atoms with Crippen LogP contribution in [0.25, 0.3) is 0 Å². The number of esters is 1. The summed E-state index contributed by atoms with van der Waals surface area (Å²) in [4.78, 5) is 29.0. The Labute approximate surface area is 153 Å².